The number of hydrogen-bond acceptors (Lipinski definition) is 5. The van der Waals surface area contributed by atoms with Crippen LogP contribution in [0.2, 0.25) is 0 Å². The van der Waals surface area contributed by atoms with Crippen LogP contribution in [0.25, 0.3) is 0 Å². The SMILES string of the molecule is CC(C)OC(=O)C(C#N)=CC(=O)CO. The van der Waals surface area contributed by atoms with E-state index >= 15 is 0 Å². The summed E-state index contributed by atoms with van der Waals surface area (Å²) in [6, 6.07) is 1.53. The average Bonchev–Trinajstić information content (AvgIpc) is 2.12. The third-order valence-corrected chi connectivity index (χ3v) is 1.14. The van der Waals surface area contributed by atoms with Gasteiger partial charge >= 0.3 is 5.97 Å². The van der Waals surface area contributed by atoms with E-state index in [4.69, 9.17) is 10.4 Å². The van der Waals surface area contributed by atoms with Gasteiger partial charge in [-0.2, -0.15) is 5.26 Å². The number of esters is 1. The highest BCUT2D eigenvalue weighted by molar-refractivity contribution is 6.02. The Morgan fingerprint density at radius 2 is 2.14 bits per heavy atom. The molecule has 0 spiro atoms. The van der Waals surface area contributed by atoms with Crippen molar-refractivity contribution >= 4 is 11.8 Å². The number of carbonyl (C=O) groups excluding carboxylic acids is 2. The molecule has 0 saturated heterocycles. The van der Waals surface area contributed by atoms with Gasteiger partial charge in [0.1, 0.15) is 18.2 Å². The van der Waals surface area contributed by atoms with Crippen molar-refractivity contribution in [1.82, 2.24) is 0 Å². The molecule has 0 aromatic carbocycles. The first-order valence-corrected chi connectivity index (χ1v) is 3.97. The van der Waals surface area contributed by atoms with Crippen molar-refractivity contribution in [1.29, 1.82) is 5.26 Å². The molecule has 76 valence electrons. The van der Waals surface area contributed by atoms with Crippen LogP contribution in [0.4, 0.5) is 0 Å². The van der Waals surface area contributed by atoms with Crippen LogP contribution in [0.1, 0.15) is 13.8 Å². The molecule has 0 rings (SSSR count). The Bertz CT molecular complexity index is 298. The molecule has 0 aliphatic rings. The normalized spacial score (nSPS) is 10.9. The van der Waals surface area contributed by atoms with E-state index in [-0.39, 0.29) is 6.10 Å². The van der Waals surface area contributed by atoms with Gasteiger partial charge in [0, 0.05) is 6.08 Å². The first-order chi connectivity index (χ1) is 6.51. The van der Waals surface area contributed by atoms with Crippen molar-refractivity contribution in [2.75, 3.05) is 6.61 Å². The molecule has 0 unspecified atom stereocenters. The highest BCUT2D eigenvalue weighted by Gasteiger charge is 2.13. The molecule has 0 aromatic heterocycles. The molecule has 14 heavy (non-hydrogen) atoms. The number of aliphatic hydroxyl groups excluding tert-OH is 1. The van der Waals surface area contributed by atoms with Crippen LogP contribution < -0.4 is 0 Å². The predicted octanol–water partition coefficient (Wildman–Crippen LogP) is -0.0506. The lowest BCUT2D eigenvalue weighted by Crippen LogP contribution is -2.14. The van der Waals surface area contributed by atoms with Crippen molar-refractivity contribution < 1.29 is 19.4 Å². The smallest absolute Gasteiger partial charge is 0.349 e. The molecule has 5 heteroatoms. The minimum atomic E-state index is -0.857. The summed E-state index contributed by atoms with van der Waals surface area (Å²) in [4.78, 5) is 21.8. The van der Waals surface area contributed by atoms with Crippen molar-refractivity contribution in [3.63, 3.8) is 0 Å². The summed E-state index contributed by atoms with van der Waals surface area (Å²) < 4.78 is 4.69. The van der Waals surface area contributed by atoms with Crippen LogP contribution in [0.15, 0.2) is 11.6 Å². The van der Waals surface area contributed by atoms with Crippen LogP contribution in [0.3, 0.4) is 0 Å². The predicted molar refractivity (Wildman–Crippen MR) is 47.0 cm³/mol. The second-order valence-corrected chi connectivity index (χ2v) is 2.75. The first kappa shape index (κ1) is 12.3. The number of nitriles is 1. The summed E-state index contributed by atoms with van der Waals surface area (Å²) in [5.74, 6) is -1.56. The summed E-state index contributed by atoms with van der Waals surface area (Å²) in [5.41, 5.74) is -0.405. The molecule has 0 bridgehead atoms. The second-order valence-electron chi connectivity index (χ2n) is 2.75. The van der Waals surface area contributed by atoms with Gasteiger partial charge in [-0.05, 0) is 13.8 Å². The Labute approximate surface area is 81.6 Å². The van der Waals surface area contributed by atoms with Gasteiger partial charge < -0.3 is 9.84 Å². The second kappa shape index (κ2) is 5.89. The number of hydrogen-bond donors (Lipinski definition) is 1. The number of nitrogens with zero attached hydrogens (tertiary/aromatic N) is 1. The van der Waals surface area contributed by atoms with E-state index in [9.17, 15) is 9.59 Å². The zero-order valence-electron chi connectivity index (χ0n) is 7.98. The first-order valence-electron chi connectivity index (χ1n) is 3.97. The zero-order valence-corrected chi connectivity index (χ0v) is 7.98. The highest BCUT2D eigenvalue weighted by atomic mass is 16.5. The minimum Gasteiger partial charge on any atom is -0.459 e. The van der Waals surface area contributed by atoms with Gasteiger partial charge in [0.25, 0.3) is 0 Å². The molecule has 0 aliphatic carbocycles. The molecule has 0 saturated carbocycles. The number of ether oxygens (including phenoxy) is 1. The van der Waals surface area contributed by atoms with Gasteiger partial charge in [-0.15, -0.1) is 0 Å². The van der Waals surface area contributed by atoms with Crippen molar-refractivity contribution in [3.05, 3.63) is 11.6 Å². The Balaban J connectivity index is 4.59. The van der Waals surface area contributed by atoms with E-state index in [1.54, 1.807) is 13.8 Å². The van der Waals surface area contributed by atoms with Gasteiger partial charge in [0.05, 0.1) is 6.10 Å². The third-order valence-electron chi connectivity index (χ3n) is 1.14. The largest absolute Gasteiger partial charge is 0.459 e. The molecular formula is C9H11NO4. The van der Waals surface area contributed by atoms with Crippen molar-refractivity contribution in [2.45, 2.75) is 20.0 Å². The summed E-state index contributed by atoms with van der Waals surface area (Å²) in [5, 5.41) is 16.9. The molecule has 0 fully saturated rings. The number of aliphatic hydroxyl groups is 1. The zero-order chi connectivity index (χ0) is 11.1. The monoisotopic (exact) mass is 197 g/mol. The molecule has 0 heterocycles. The topological polar surface area (TPSA) is 87.4 Å². The minimum absolute atomic E-state index is 0.358. The molecule has 1 N–H and O–H groups in total. The van der Waals surface area contributed by atoms with Crippen LogP contribution in [-0.2, 0) is 14.3 Å². The van der Waals surface area contributed by atoms with E-state index in [2.05, 4.69) is 4.74 Å². The van der Waals surface area contributed by atoms with E-state index in [0.717, 1.165) is 6.08 Å². The Morgan fingerprint density at radius 3 is 2.50 bits per heavy atom. The van der Waals surface area contributed by atoms with Gasteiger partial charge in [-0.3, -0.25) is 4.79 Å². The van der Waals surface area contributed by atoms with Crippen LogP contribution in [0.5, 0.6) is 0 Å². The quantitative estimate of drug-likeness (QED) is 0.388. The van der Waals surface area contributed by atoms with Crippen molar-refractivity contribution in [2.24, 2.45) is 0 Å². The van der Waals surface area contributed by atoms with Gasteiger partial charge in [0.2, 0.25) is 0 Å². The fourth-order valence-electron chi connectivity index (χ4n) is 0.621. The van der Waals surface area contributed by atoms with Crippen molar-refractivity contribution in [3.8, 4) is 6.07 Å². The fraction of sp³-hybridized carbons (Fsp3) is 0.444. The molecule has 0 amide bonds. The summed E-state index contributed by atoms with van der Waals surface area (Å²) >= 11 is 0. The Kier molecular flexibility index (Phi) is 5.19. The summed E-state index contributed by atoms with van der Waals surface area (Å²) in [6.07, 6.45) is 0.411. The molecule has 0 aromatic rings. The third kappa shape index (κ3) is 4.38. The van der Waals surface area contributed by atoms with E-state index < -0.39 is 23.9 Å². The lowest BCUT2D eigenvalue weighted by atomic mass is 10.2. The van der Waals surface area contributed by atoms with Gasteiger partial charge in [0.15, 0.2) is 5.78 Å². The Morgan fingerprint density at radius 1 is 1.57 bits per heavy atom. The molecule has 5 nitrogen and oxygen atoms in total. The van der Waals surface area contributed by atoms with E-state index in [1.807, 2.05) is 0 Å². The maximum absolute atomic E-state index is 11.1. The summed E-state index contributed by atoms with van der Waals surface area (Å²) in [7, 11) is 0. The van der Waals surface area contributed by atoms with E-state index in [0.29, 0.717) is 0 Å². The molecule has 0 aliphatic heterocycles. The Hall–Kier alpha value is -1.67. The summed E-state index contributed by atoms with van der Waals surface area (Å²) in [6.45, 7) is 2.52. The number of rotatable bonds is 4. The lowest BCUT2D eigenvalue weighted by molar-refractivity contribution is -0.142. The average molecular weight is 197 g/mol. The lowest BCUT2D eigenvalue weighted by Gasteiger charge is -2.05. The molecule has 0 radical (unpaired) electrons. The fourth-order valence-corrected chi connectivity index (χ4v) is 0.621. The number of carbonyl (C=O) groups is 2. The standard InChI is InChI=1S/C9H11NO4/c1-6(2)14-9(13)7(4-10)3-8(12)5-11/h3,6,11H,5H2,1-2H3. The van der Waals surface area contributed by atoms with Crippen LogP contribution >= 0.6 is 0 Å². The van der Waals surface area contributed by atoms with Crippen LogP contribution in [-0.4, -0.2) is 29.6 Å². The maximum atomic E-state index is 11.1. The van der Waals surface area contributed by atoms with Gasteiger partial charge in [-0.1, -0.05) is 0 Å². The molecular weight excluding hydrogens is 186 g/mol. The molecule has 0 atom stereocenters. The van der Waals surface area contributed by atoms with E-state index in [1.165, 1.54) is 6.07 Å². The number of ketones is 1. The van der Waals surface area contributed by atoms with Crippen LogP contribution in [0, 0.1) is 11.3 Å². The maximum Gasteiger partial charge on any atom is 0.349 e. The van der Waals surface area contributed by atoms with Gasteiger partial charge in [-0.25, -0.2) is 4.79 Å². The highest BCUT2D eigenvalue weighted by Crippen LogP contribution is 2.00.